The first-order chi connectivity index (χ1) is 10.1. The summed E-state index contributed by atoms with van der Waals surface area (Å²) in [5.74, 6) is 0.549. The molecule has 7 heteroatoms. The molecule has 0 atom stereocenters. The van der Waals surface area contributed by atoms with E-state index in [1.807, 2.05) is 31.3 Å². The van der Waals surface area contributed by atoms with Crippen LogP contribution >= 0.6 is 27.5 Å². The molecule has 0 radical (unpaired) electrons. The Bertz CT molecular complexity index is 772. The molecule has 0 aliphatic heterocycles. The van der Waals surface area contributed by atoms with Gasteiger partial charge in [0.2, 0.25) is 0 Å². The summed E-state index contributed by atoms with van der Waals surface area (Å²) in [7, 11) is 1.82. The van der Waals surface area contributed by atoms with Crippen LogP contribution in [0.3, 0.4) is 0 Å². The second-order valence-electron chi connectivity index (χ2n) is 4.56. The van der Waals surface area contributed by atoms with Crippen LogP contribution in [-0.2, 0) is 25.0 Å². The molecule has 0 saturated heterocycles. The van der Waals surface area contributed by atoms with Gasteiger partial charge < -0.3 is 4.74 Å². The minimum absolute atomic E-state index is 0.302. The fraction of sp³-hybridized carbons (Fsp3) is 0.214. The van der Waals surface area contributed by atoms with Crippen molar-refractivity contribution in [1.82, 2.24) is 19.7 Å². The molecule has 0 aliphatic rings. The minimum atomic E-state index is 0.302. The first-order valence-electron chi connectivity index (χ1n) is 6.30. The molecule has 0 aliphatic carbocycles. The third-order valence-electron chi connectivity index (χ3n) is 3.01. The Hall–Kier alpha value is -1.50. The lowest BCUT2D eigenvalue weighted by molar-refractivity contribution is 0.102. The van der Waals surface area contributed by atoms with Gasteiger partial charge in [-0.15, -0.1) is 0 Å². The van der Waals surface area contributed by atoms with E-state index in [9.17, 15) is 0 Å². The van der Waals surface area contributed by atoms with Crippen molar-refractivity contribution in [2.24, 2.45) is 7.05 Å². The number of ether oxygens (including phenoxy) is 1. The Kier molecular flexibility index (Phi) is 4.19. The van der Waals surface area contributed by atoms with Gasteiger partial charge in [-0.2, -0.15) is 5.10 Å². The summed E-state index contributed by atoms with van der Waals surface area (Å²) in [5.41, 5.74) is 1.79. The number of nitrogens with zero attached hydrogens (tertiary/aromatic N) is 4. The zero-order valence-corrected chi connectivity index (χ0v) is 13.6. The van der Waals surface area contributed by atoms with E-state index in [4.69, 9.17) is 16.3 Å². The van der Waals surface area contributed by atoms with Crippen LogP contribution in [0.25, 0.3) is 11.0 Å². The van der Waals surface area contributed by atoms with Crippen LogP contribution in [0.2, 0.25) is 5.15 Å². The minimum Gasteiger partial charge on any atom is -0.369 e. The number of rotatable bonds is 4. The average molecular weight is 368 g/mol. The van der Waals surface area contributed by atoms with E-state index in [2.05, 4.69) is 31.0 Å². The van der Waals surface area contributed by atoms with Crippen molar-refractivity contribution in [1.29, 1.82) is 0 Å². The number of hydrogen-bond acceptors (Lipinski definition) is 4. The van der Waals surface area contributed by atoms with E-state index in [-0.39, 0.29) is 0 Å². The molecule has 0 fully saturated rings. The molecule has 1 aromatic carbocycles. The predicted octanol–water partition coefficient (Wildman–Crippen LogP) is 3.50. The van der Waals surface area contributed by atoms with Crippen molar-refractivity contribution in [2.45, 2.75) is 13.2 Å². The fourth-order valence-corrected chi connectivity index (χ4v) is 2.43. The molecular weight excluding hydrogens is 356 g/mol. The van der Waals surface area contributed by atoms with Crippen molar-refractivity contribution in [2.75, 3.05) is 0 Å². The molecule has 0 spiro atoms. The van der Waals surface area contributed by atoms with Crippen molar-refractivity contribution >= 4 is 38.6 Å². The maximum absolute atomic E-state index is 6.12. The van der Waals surface area contributed by atoms with E-state index < -0.39 is 0 Å². The van der Waals surface area contributed by atoms with Gasteiger partial charge in [0.05, 0.1) is 18.2 Å². The zero-order chi connectivity index (χ0) is 14.8. The highest BCUT2D eigenvalue weighted by Gasteiger charge is 2.09. The van der Waals surface area contributed by atoms with Gasteiger partial charge in [0.25, 0.3) is 0 Å². The van der Waals surface area contributed by atoms with Gasteiger partial charge >= 0.3 is 0 Å². The van der Waals surface area contributed by atoms with Gasteiger partial charge in [0, 0.05) is 11.5 Å². The summed E-state index contributed by atoms with van der Waals surface area (Å²) < 4.78 is 8.35. The van der Waals surface area contributed by atoms with Crippen molar-refractivity contribution in [3.05, 3.63) is 51.5 Å². The zero-order valence-electron chi connectivity index (χ0n) is 11.3. The summed E-state index contributed by atoms with van der Waals surface area (Å²) in [6, 6.07) is 7.96. The highest BCUT2D eigenvalue weighted by molar-refractivity contribution is 9.10. The molecule has 108 valence electrons. The van der Waals surface area contributed by atoms with Crippen LogP contribution in [0.1, 0.15) is 11.4 Å². The maximum atomic E-state index is 6.12. The van der Waals surface area contributed by atoms with Gasteiger partial charge in [0.1, 0.15) is 11.8 Å². The molecule has 0 N–H and O–H groups in total. The lowest BCUT2D eigenvalue weighted by Gasteiger charge is -2.05. The standard InChI is InChI=1S/C14H12BrClN4O/c1-20-14-11(6-17-20)13(16)18-12(19-14)8-21-7-9-2-4-10(15)5-3-9/h2-6H,7-8H2,1H3. The van der Waals surface area contributed by atoms with E-state index in [0.717, 1.165) is 15.4 Å². The van der Waals surface area contributed by atoms with Gasteiger partial charge in [-0.1, -0.05) is 39.7 Å². The number of hydrogen-bond donors (Lipinski definition) is 0. The maximum Gasteiger partial charge on any atom is 0.162 e. The lowest BCUT2D eigenvalue weighted by atomic mass is 10.2. The second-order valence-corrected chi connectivity index (χ2v) is 5.83. The fourth-order valence-electron chi connectivity index (χ4n) is 1.94. The Morgan fingerprint density at radius 1 is 1.19 bits per heavy atom. The molecule has 0 saturated carbocycles. The SMILES string of the molecule is Cn1ncc2c(Cl)nc(COCc3ccc(Br)cc3)nc21. The van der Waals surface area contributed by atoms with Gasteiger partial charge in [-0.25, -0.2) is 9.97 Å². The van der Waals surface area contributed by atoms with E-state index in [0.29, 0.717) is 29.8 Å². The van der Waals surface area contributed by atoms with Crippen molar-refractivity contribution in [3.8, 4) is 0 Å². The largest absolute Gasteiger partial charge is 0.369 e. The topological polar surface area (TPSA) is 52.8 Å². The Morgan fingerprint density at radius 3 is 2.71 bits per heavy atom. The predicted molar refractivity (Wildman–Crippen MR) is 83.9 cm³/mol. The third-order valence-corrected chi connectivity index (χ3v) is 3.82. The lowest BCUT2D eigenvalue weighted by Crippen LogP contribution is -2.02. The Morgan fingerprint density at radius 2 is 1.95 bits per heavy atom. The van der Waals surface area contributed by atoms with Crippen molar-refractivity contribution < 1.29 is 4.74 Å². The normalized spacial score (nSPS) is 11.2. The van der Waals surface area contributed by atoms with Crippen LogP contribution in [-0.4, -0.2) is 19.7 Å². The number of fused-ring (bicyclic) bond motifs is 1. The number of benzene rings is 1. The van der Waals surface area contributed by atoms with E-state index in [1.165, 1.54) is 0 Å². The molecule has 0 unspecified atom stereocenters. The smallest absolute Gasteiger partial charge is 0.162 e. The highest BCUT2D eigenvalue weighted by Crippen LogP contribution is 2.19. The molecule has 0 amide bonds. The summed E-state index contributed by atoms with van der Waals surface area (Å²) in [6.07, 6.45) is 1.66. The van der Waals surface area contributed by atoms with Crippen LogP contribution in [0, 0.1) is 0 Å². The summed E-state index contributed by atoms with van der Waals surface area (Å²) in [4.78, 5) is 8.64. The highest BCUT2D eigenvalue weighted by atomic mass is 79.9. The monoisotopic (exact) mass is 366 g/mol. The number of aromatic nitrogens is 4. The first kappa shape index (κ1) is 14.4. The Labute approximate surface area is 135 Å². The first-order valence-corrected chi connectivity index (χ1v) is 7.47. The molecule has 21 heavy (non-hydrogen) atoms. The third kappa shape index (κ3) is 3.23. The van der Waals surface area contributed by atoms with E-state index >= 15 is 0 Å². The summed E-state index contributed by atoms with van der Waals surface area (Å²) in [6.45, 7) is 0.800. The molecule has 2 aromatic heterocycles. The number of aryl methyl sites for hydroxylation is 1. The van der Waals surface area contributed by atoms with Gasteiger partial charge in [0.15, 0.2) is 11.5 Å². The van der Waals surface area contributed by atoms with Gasteiger partial charge in [-0.05, 0) is 17.7 Å². The Balaban J connectivity index is 1.70. The van der Waals surface area contributed by atoms with E-state index in [1.54, 1.807) is 10.9 Å². The summed E-state index contributed by atoms with van der Waals surface area (Å²) in [5, 5.41) is 5.26. The summed E-state index contributed by atoms with van der Waals surface area (Å²) >= 11 is 9.52. The van der Waals surface area contributed by atoms with Gasteiger partial charge in [-0.3, -0.25) is 4.68 Å². The quantitative estimate of drug-likeness (QED) is 0.662. The van der Waals surface area contributed by atoms with Crippen molar-refractivity contribution in [3.63, 3.8) is 0 Å². The molecule has 3 aromatic rings. The molecule has 2 heterocycles. The van der Waals surface area contributed by atoms with Crippen LogP contribution < -0.4 is 0 Å². The van der Waals surface area contributed by atoms with Crippen LogP contribution in [0.5, 0.6) is 0 Å². The molecular formula is C14H12BrClN4O. The average Bonchev–Trinajstić information content (AvgIpc) is 2.83. The molecule has 0 bridgehead atoms. The van der Waals surface area contributed by atoms with Crippen LogP contribution in [0.15, 0.2) is 34.9 Å². The molecule has 3 rings (SSSR count). The number of halogens is 2. The van der Waals surface area contributed by atoms with Crippen LogP contribution in [0.4, 0.5) is 0 Å². The molecule has 5 nitrogen and oxygen atoms in total. The second kappa shape index (κ2) is 6.09.